The van der Waals surface area contributed by atoms with Gasteiger partial charge in [-0.05, 0) is 24.8 Å². The average Bonchev–Trinajstić information content (AvgIpc) is 3.53. The van der Waals surface area contributed by atoms with E-state index in [2.05, 4.69) is 21.1 Å². The molecule has 0 spiro atoms. The fourth-order valence-electron chi connectivity index (χ4n) is 5.08. The van der Waals surface area contributed by atoms with Crippen molar-refractivity contribution in [2.45, 2.75) is 51.7 Å². The minimum atomic E-state index is -0.994. The number of nitrogens with one attached hydrogen (secondary N) is 3. The molecule has 3 atom stereocenters. The number of hydrogen-bond donors (Lipinski definition) is 3. The molecule has 1 fully saturated rings. The summed E-state index contributed by atoms with van der Waals surface area (Å²) in [5.74, 6) is -2.37. The van der Waals surface area contributed by atoms with Gasteiger partial charge in [0.15, 0.2) is 11.5 Å². The van der Waals surface area contributed by atoms with Crippen molar-refractivity contribution >= 4 is 29.5 Å². The van der Waals surface area contributed by atoms with Crippen LogP contribution in [0.5, 0.6) is 0 Å². The van der Waals surface area contributed by atoms with Gasteiger partial charge >= 0.3 is 0 Å². The largest absolute Gasteiger partial charge is 0.355 e. The summed E-state index contributed by atoms with van der Waals surface area (Å²) >= 11 is 0. The van der Waals surface area contributed by atoms with E-state index in [1.54, 1.807) is 20.8 Å². The first-order chi connectivity index (χ1) is 21.5. The molecule has 2 aromatic carbocycles. The second-order valence-electron chi connectivity index (χ2n) is 11.5. The van der Waals surface area contributed by atoms with E-state index in [1.807, 2.05) is 60.7 Å². The Hall–Kier alpha value is -5.00. The van der Waals surface area contributed by atoms with Crippen molar-refractivity contribution in [3.63, 3.8) is 0 Å². The molecule has 1 aliphatic rings. The molecule has 238 valence electrons. The van der Waals surface area contributed by atoms with E-state index >= 15 is 0 Å². The maximum Gasteiger partial charge on any atom is 0.276 e. The van der Waals surface area contributed by atoms with Gasteiger partial charge in [0.1, 0.15) is 18.1 Å². The van der Waals surface area contributed by atoms with E-state index in [0.717, 1.165) is 11.1 Å². The molecular formula is C33H40N6O6. The molecule has 0 radical (unpaired) electrons. The van der Waals surface area contributed by atoms with Crippen LogP contribution in [0.15, 0.2) is 71.3 Å². The van der Waals surface area contributed by atoms with Gasteiger partial charge < -0.3 is 30.3 Å². The summed E-state index contributed by atoms with van der Waals surface area (Å²) < 4.78 is 5.44. The topological polar surface area (TPSA) is 154 Å². The Bertz CT molecular complexity index is 1490. The molecular weight excluding hydrogens is 576 g/mol. The van der Waals surface area contributed by atoms with Gasteiger partial charge in [-0.15, -0.1) is 0 Å². The molecule has 3 N–H and O–H groups in total. The van der Waals surface area contributed by atoms with Gasteiger partial charge in [-0.2, -0.15) is 0 Å². The van der Waals surface area contributed by atoms with Crippen LogP contribution in [0.25, 0.3) is 11.3 Å². The van der Waals surface area contributed by atoms with Crippen LogP contribution in [0.1, 0.15) is 43.2 Å². The Labute approximate surface area is 262 Å². The molecule has 12 nitrogen and oxygen atoms in total. The van der Waals surface area contributed by atoms with Crippen LogP contribution in [0.3, 0.4) is 0 Å². The summed E-state index contributed by atoms with van der Waals surface area (Å²) in [5, 5.41) is 12.4. The number of hydrogen-bond acceptors (Lipinski definition) is 7. The van der Waals surface area contributed by atoms with E-state index in [4.69, 9.17) is 4.52 Å². The molecule has 0 saturated carbocycles. The van der Waals surface area contributed by atoms with Gasteiger partial charge in [-0.25, -0.2) is 0 Å². The van der Waals surface area contributed by atoms with Crippen molar-refractivity contribution in [2.75, 3.05) is 26.7 Å². The summed E-state index contributed by atoms with van der Waals surface area (Å²) in [6.07, 6.45) is 0.554. The molecule has 0 aliphatic carbocycles. The number of rotatable bonds is 5. The van der Waals surface area contributed by atoms with Crippen LogP contribution in [0.2, 0.25) is 0 Å². The predicted octanol–water partition coefficient (Wildman–Crippen LogP) is 2.02. The van der Waals surface area contributed by atoms with Crippen LogP contribution >= 0.6 is 0 Å². The molecule has 2 heterocycles. The third-order valence-corrected chi connectivity index (χ3v) is 7.69. The molecule has 0 bridgehead atoms. The van der Waals surface area contributed by atoms with Gasteiger partial charge in [0, 0.05) is 38.2 Å². The molecule has 1 saturated heterocycles. The lowest BCUT2D eigenvalue weighted by Gasteiger charge is -2.32. The number of amides is 5. The zero-order valence-electron chi connectivity index (χ0n) is 26.0. The Morgan fingerprint density at radius 3 is 2.31 bits per heavy atom. The smallest absolute Gasteiger partial charge is 0.276 e. The summed E-state index contributed by atoms with van der Waals surface area (Å²) in [6.45, 7) is 5.10. The van der Waals surface area contributed by atoms with Gasteiger partial charge in [-0.1, -0.05) is 79.7 Å². The molecule has 1 aliphatic heterocycles. The van der Waals surface area contributed by atoms with Crippen molar-refractivity contribution < 1.29 is 28.5 Å². The molecule has 1 aromatic heterocycles. The quantitative estimate of drug-likeness (QED) is 0.396. The molecule has 45 heavy (non-hydrogen) atoms. The highest BCUT2D eigenvalue weighted by Gasteiger charge is 2.34. The number of likely N-dealkylation sites (N-methyl/N-ethyl adjacent to an activating group) is 1. The number of carbonyl (C=O) groups excluding carboxylic acids is 5. The molecule has 5 amide bonds. The third kappa shape index (κ3) is 8.55. The lowest BCUT2D eigenvalue weighted by molar-refractivity contribution is -0.140. The van der Waals surface area contributed by atoms with E-state index in [1.165, 1.54) is 22.9 Å². The van der Waals surface area contributed by atoms with E-state index < -0.39 is 47.7 Å². The van der Waals surface area contributed by atoms with Gasteiger partial charge in [0.25, 0.3) is 5.91 Å². The fourth-order valence-corrected chi connectivity index (χ4v) is 5.08. The van der Waals surface area contributed by atoms with Crippen LogP contribution in [0.4, 0.5) is 0 Å². The minimum Gasteiger partial charge on any atom is -0.355 e. The van der Waals surface area contributed by atoms with Crippen molar-refractivity contribution in [1.29, 1.82) is 0 Å². The SMILES string of the molecule is CC(C)[C@@H]1NC(=O)[C@@H](C)N(C(=O)c2cc(-c3ccccc3)on2)CCCNC(=O)[C@H](Cc2ccccc2)NC(=O)CN(C)C1=O. The van der Waals surface area contributed by atoms with Crippen molar-refractivity contribution in [3.8, 4) is 11.3 Å². The zero-order chi connectivity index (χ0) is 32.5. The standard InChI is InChI=1S/C33H40N6O6/c1-21(2)29-33(44)38(4)20-28(40)35-25(18-23-12-7-5-8-13-23)31(42)34-16-11-17-39(22(3)30(41)36-29)32(43)26-19-27(45-37-26)24-14-9-6-10-15-24/h5-10,12-15,19,21-22,25,29H,11,16-18,20H2,1-4H3,(H,34,42)(H,35,40)(H,36,41)/t22-,25+,29+/m1/s1. The van der Waals surface area contributed by atoms with E-state index in [9.17, 15) is 24.0 Å². The summed E-state index contributed by atoms with van der Waals surface area (Å²) in [7, 11) is 1.47. The Morgan fingerprint density at radius 2 is 1.64 bits per heavy atom. The Morgan fingerprint density at radius 1 is 0.978 bits per heavy atom. The minimum absolute atomic E-state index is 0.0220. The highest BCUT2D eigenvalue weighted by molar-refractivity contribution is 5.98. The third-order valence-electron chi connectivity index (χ3n) is 7.69. The second-order valence-corrected chi connectivity index (χ2v) is 11.5. The average molecular weight is 617 g/mol. The van der Waals surface area contributed by atoms with Crippen LogP contribution in [0, 0.1) is 5.92 Å². The number of carbonyl (C=O) groups is 5. The maximum absolute atomic E-state index is 13.7. The molecule has 0 unspecified atom stereocenters. The van der Waals surface area contributed by atoms with Crippen molar-refractivity contribution in [1.82, 2.24) is 30.9 Å². The predicted molar refractivity (Wildman–Crippen MR) is 167 cm³/mol. The Kier molecular flexibility index (Phi) is 11.1. The van der Waals surface area contributed by atoms with Gasteiger partial charge in [0.2, 0.25) is 23.6 Å². The molecule has 3 aromatic rings. The molecule has 4 rings (SSSR count). The van der Waals surface area contributed by atoms with Gasteiger partial charge in [-0.3, -0.25) is 24.0 Å². The van der Waals surface area contributed by atoms with Crippen molar-refractivity contribution in [2.24, 2.45) is 5.92 Å². The first kappa shape index (κ1) is 32.9. The first-order valence-electron chi connectivity index (χ1n) is 15.0. The number of nitrogens with zero attached hydrogens (tertiary/aromatic N) is 3. The normalized spacial score (nSPS) is 20.9. The van der Waals surface area contributed by atoms with Crippen LogP contribution in [-0.4, -0.2) is 89.3 Å². The second kappa shape index (κ2) is 15.1. The first-order valence-corrected chi connectivity index (χ1v) is 15.0. The van der Waals surface area contributed by atoms with E-state index in [0.29, 0.717) is 12.2 Å². The van der Waals surface area contributed by atoms with Gasteiger partial charge in [0.05, 0.1) is 6.54 Å². The lowest BCUT2D eigenvalue weighted by Crippen LogP contribution is -2.57. The highest BCUT2D eigenvalue weighted by atomic mass is 16.5. The lowest BCUT2D eigenvalue weighted by atomic mass is 10.0. The fraction of sp³-hybridized carbons (Fsp3) is 0.394. The van der Waals surface area contributed by atoms with Crippen molar-refractivity contribution in [3.05, 3.63) is 78.0 Å². The van der Waals surface area contributed by atoms with Crippen LogP contribution in [-0.2, 0) is 25.6 Å². The summed E-state index contributed by atoms with van der Waals surface area (Å²) in [6, 6.07) is 17.2. The van der Waals surface area contributed by atoms with E-state index in [-0.39, 0.29) is 37.7 Å². The summed E-state index contributed by atoms with van der Waals surface area (Å²) in [5.41, 5.74) is 1.62. The highest BCUT2D eigenvalue weighted by Crippen LogP contribution is 2.21. The monoisotopic (exact) mass is 616 g/mol. The molecule has 12 heteroatoms. The number of benzene rings is 2. The van der Waals surface area contributed by atoms with Crippen LogP contribution < -0.4 is 16.0 Å². The maximum atomic E-state index is 13.7. The zero-order valence-corrected chi connectivity index (χ0v) is 26.0. The number of aromatic nitrogens is 1. The summed E-state index contributed by atoms with van der Waals surface area (Å²) in [4.78, 5) is 69.5. The Balaban J connectivity index is 1.60.